The van der Waals surface area contributed by atoms with E-state index in [0.717, 1.165) is 72.8 Å². The van der Waals surface area contributed by atoms with Crippen molar-refractivity contribution in [3.8, 4) is 5.69 Å². The molecule has 0 radical (unpaired) electrons. The van der Waals surface area contributed by atoms with Crippen LogP contribution in [0.3, 0.4) is 0 Å². The number of carbonyl (C=O) groups excluding carboxylic acids is 1. The minimum absolute atomic E-state index is 0.0482. The number of nitrogens with zero attached hydrogens (tertiary/aromatic N) is 6. The number of aromatic nitrogens is 4. The molecule has 4 aromatic rings. The number of para-hydroxylation sites is 1. The van der Waals surface area contributed by atoms with E-state index in [2.05, 4.69) is 16.9 Å². The van der Waals surface area contributed by atoms with Gasteiger partial charge in [-0.2, -0.15) is 5.10 Å². The summed E-state index contributed by atoms with van der Waals surface area (Å²) in [6.07, 6.45) is 8.09. The third kappa shape index (κ3) is 5.09. The molecule has 1 aliphatic rings. The first-order chi connectivity index (χ1) is 17.2. The van der Waals surface area contributed by atoms with Gasteiger partial charge in [0, 0.05) is 38.7 Å². The summed E-state index contributed by atoms with van der Waals surface area (Å²) in [5, 5.41) is 5.60. The summed E-state index contributed by atoms with van der Waals surface area (Å²) < 4.78 is 1.89. The Morgan fingerprint density at radius 2 is 1.71 bits per heavy atom. The lowest BCUT2D eigenvalue weighted by Gasteiger charge is -2.23. The van der Waals surface area contributed by atoms with Crippen molar-refractivity contribution < 1.29 is 4.79 Å². The van der Waals surface area contributed by atoms with Crippen LogP contribution in [0.2, 0.25) is 0 Å². The predicted octanol–water partition coefficient (Wildman–Crippen LogP) is 4.52. The molecule has 35 heavy (non-hydrogen) atoms. The van der Waals surface area contributed by atoms with E-state index in [1.165, 1.54) is 0 Å². The molecule has 7 heteroatoms. The summed E-state index contributed by atoms with van der Waals surface area (Å²) in [6, 6.07) is 20.0. The van der Waals surface area contributed by atoms with Crippen molar-refractivity contribution >= 4 is 28.8 Å². The number of fused-ring (bicyclic) bond motifs is 1. The molecule has 1 saturated heterocycles. The van der Waals surface area contributed by atoms with Gasteiger partial charge in [-0.05, 0) is 36.6 Å². The summed E-state index contributed by atoms with van der Waals surface area (Å²) in [5.74, 6) is 1.79. The third-order valence-corrected chi connectivity index (χ3v) is 6.25. The third-order valence-electron chi connectivity index (χ3n) is 6.25. The van der Waals surface area contributed by atoms with Gasteiger partial charge >= 0.3 is 0 Å². The maximum absolute atomic E-state index is 12.9. The average molecular weight is 467 g/mol. The van der Waals surface area contributed by atoms with Crippen LogP contribution in [0.1, 0.15) is 31.2 Å². The summed E-state index contributed by atoms with van der Waals surface area (Å²) in [4.78, 5) is 26.9. The zero-order valence-corrected chi connectivity index (χ0v) is 20.0. The van der Waals surface area contributed by atoms with Crippen LogP contribution in [-0.4, -0.2) is 56.7 Å². The zero-order chi connectivity index (χ0) is 24.0. The molecule has 0 bridgehead atoms. The Kier molecular flexibility index (Phi) is 6.84. The van der Waals surface area contributed by atoms with Crippen molar-refractivity contribution in [1.29, 1.82) is 0 Å². The number of anilines is 1. The van der Waals surface area contributed by atoms with Crippen molar-refractivity contribution in [2.75, 3.05) is 31.1 Å². The first kappa shape index (κ1) is 22.8. The van der Waals surface area contributed by atoms with Gasteiger partial charge in [-0.3, -0.25) is 4.79 Å². The van der Waals surface area contributed by atoms with Gasteiger partial charge in [-0.25, -0.2) is 14.6 Å². The minimum Gasteiger partial charge on any atom is -0.354 e. The summed E-state index contributed by atoms with van der Waals surface area (Å²) in [5.41, 5.74) is 2.83. The van der Waals surface area contributed by atoms with Gasteiger partial charge < -0.3 is 9.80 Å². The van der Waals surface area contributed by atoms with E-state index in [0.29, 0.717) is 6.54 Å². The molecule has 0 saturated carbocycles. The first-order valence-electron chi connectivity index (χ1n) is 12.3. The molecule has 1 fully saturated rings. The smallest absolute Gasteiger partial charge is 0.246 e. The largest absolute Gasteiger partial charge is 0.354 e. The van der Waals surface area contributed by atoms with Gasteiger partial charge in [-0.15, -0.1) is 0 Å². The van der Waals surface area contributed by atoms with E-state index in [1.807, 2.05) is 82.5 Å². The number of carbonyl (C=O) groups is 1. The summed E-state index contributed by atoms with van der Waals surface area (Å²) in [7, 11) is 0. The number of hydrogen-bond acceptors (Lipinski definition) is 5. The average Bonchev–Trinajstić information content (AvgIpc) is 3.17. The molecule has 2 aromatic carbocycles. The van der Waals surface area contributed by atoms with Crippen LogP contribution in [0.5, 0.6) is 0 Å². The Hall–Kier alpha value is -4.00. The molecule has 0 N–H and O–H groups in total. The standard InChI is InChI=1S/C28H30N6O/c1-2-10-25-30-27(24-21-29-34(28(24)31-25)23-13-7-4-8-14-23)33-18-9-17-32(19-20-33)26(35)16-15-22-11-5-3-6-12-22/h3-8,11-16,21H,2,9-10,17-20H2,1H3/b16-15+. The van der Waals surface area contributed by atoms with Crippen molar-refractivity contribution in [2.45, 2.75) is 26.2 Å². The summed E-state index contributed by atoms with van der Waals surface area (Å²) in [6.45, 7) is 5.08. The molecule has 0 aliphatic carbocycles. The maximum atomic E-state index is 12.9. The molecular formula is C28H30N6O. The SMILES string of the molecule is CCCc1nc(N2CCCN(C(=O)/C=C/c3ccccc3)CC2)c2cnn(-c3ccccc3)c2n1. The molecule has 7 nitrogen and oxygen atoms in total. The molecule has 178 valence electrons. The molecular weight excluding hydrogens is 436 g/mol. The van der Waals surface area contributed by atoms with Crippen LogP contribution in [0, 0.1) is 0 Å². The zero-order valence-electron chi connectivity index (χ0n) is 20.0. The fourth-order valence-electron chi connectivity index (χ4n) is 4.46. The lowest BCUT2D eigenvalue weighted by Crippen LogP contribution is -2.34. The monoisotopic (exact) mass is 466 g/mol. The Morgan fingerprint density at radius 3 is 2.49 bits per heavy atom. The molecule has 5 rings (SSSR count). The number of aryl methyl sites for hydroxylation is 1. The van der Waals surface area contributed by atoms with Gasteiger partial charge in [0.15, 0.2) is 5.65 Å². The number of rotatable bonds is 6. The molecule has 1 amide bonds. The lowest BCUT2D eigenvalue weighted by atomic mass is 10.2. The van der Waals surface area contributed by atoms with E-state index >= 15 is 0 Å². The number of benzene rings is 2. The fraction of sp³-hybridized carbons (Fsp3) is 0.286. The quantitative estimate of drug-likeness (QED) is 0.391. The minimum atomic E-state index is 0.0482. The van der Waals surface area contributed by atoms with E-state index in [1.54, 1.807) is 6.08 Å². The van der Waals surface area contributed by atoms with Crippen LogP contribution in [0.25, 0.3) is 22.8 Å². The molecule has 0 unspecified atom stereocenters. The van der Waals surface area contributed by atoms with Crippen LogP contribution in [0.4, 0.5) is 5.82 Å². The highest BCUT2D eigenvalue weighted by atomic mass is 16.2. The van der Waals surface area contributed by atoms with Gasteiger partial charge in [-0.1, -0.05) is 55.5 Å². The van der Waals surface area contributed by atoms with Crippen molar-refractivity contribution in [1.82, 2.24) is 24.6 Å². The van der Waals surface area contributed by atoms with E-state index < -0.39 is 0 Å². The molecule has 0 spiro atoms. The van der Waals surface area contributed by atoms with Gasteiger partial charge in [0.05, 0.1) is 17.3 Å². The number of hydrogen-bond donors (Lipinski definition) is 0. The van der Waals surface area contributed by atoms with E-state index in [-0.39, 0.29) is 5.91 Å². The second kappa shape index (κ2) is 10.5. The van der Waals surface area contributed by atoms with Gasteiger partial charge in [0.1, 0.15) is 11.6 Å². The maximum Gasteiger partial charge on any atom is 0.246 e. The first-order valence-corrected chi connectivity index (χ1v) is 12.3. The van der Waals surface area contributed by atoms with Crippen LogP contribution in [-0.2, 0) is 11.2 Å². The van der Waals surface area contributed by atoms with E-state index in [9.17, 15) is 4.79 Å². The van der Waals surface area contributed by atoms with Crippen LogP contribution >= 0.6 is 0 Å². The Bertz CT molecular complexity index is 1320. The summed E-state index contributed by atoms with van der Waals surface area (Å²) >= 11 is 0. The lowest BCUT2D eigenvalue weighted by molar-refractivity contribution is -0.125. The van der Waals surface area contributed by atoms with Gasteiger partial charge in [0.2, 0.25) is 5.91 Å². The Morgan fingerprint density at radius 1 is 0.943 bits per heavy atom. The second-order valence-corrected chi connectivity index (χ2v) is 8.75. The van der Waals surface area contributed by atoms with Gasteiger partial charge in [0.25, 0.3) is 0 Å². The second-order valence-electron chi connectivity index (χ2n) is 8.75. The Balaban J connectivity index is 1.39. The van der Waals surface area contributed by atoms with Crippen LogP contribution < -0.4 is 4.90 Å². The molecule has 1 aliphatic heterocycles. The fourth-order valence-corrected chi connectivity index (χ4v) is 4.46. The molecule has 2 aromatic heterocycles. The highest BCUT2D eigenvalue weighted by Gasteiger charge is 2.22. The predicted molar refractivity (Wildman–Crippen MR) is 140 cm³/mol. The Labute approximate surface area is 205 Å². The number of amides is 1. The highest BCUT2D eigenvalue weighted by molar-refractivity contribution is 5.92. The van der Waals surface area contributed by atoms with Crippen molar-refractivity contribution in [3.63, 3.8) is 0 Å². The van der Waals surface area contributed by atoms with E-state index in [4.69, 9.17) is 9.97 Å². The normalized spacial score (nSPS) is 14.5. The highest BCUT2D eigenvalue weighted by Crippen LogP contribution is 2.27. The topological polar surface area (TPSA) is 67.2 Å². The van der Waals surface area contributed by atoms with Crippen LogP contribution in [0.15, 0.2) is 72.9 Å². The van der Waals surface area contributed by atoms with Crippen molar-refractivity contribution in [2.24, 2.45) is 0 Å². The molecule has 3 heterocycles. The molecule has 0 atom stereocenters. The van der Waals surface area contributed by atoms with Crippen molar-refractivity contribution in [3.05, 3.63) is 84.3 Å².